The number of hydrogen-bond acceptors (Lipinski definition) is 3. The lowest BCUT2D eigenvalue weighted by atomic mass is 10.1. The Bertz CT molecular complexity index is 1110. The molecule has 150 valence electrons. The third-order valence-corrected chi connectivity index (χ3v) is 6.62. The van der Waals surface area contributed by atoms with E-state index >= 15 is 0 Å². The number of nitrogens with zero attached hydrogens (tertiary/aromatic N) is 1. The van der Waals surface area contributed by atoms with E-state index in [2.05, 4.69) is 5.32 Å². The maximum atomic E-state index is 13.0. The minimum absolute atomic E-state index is 0.127. The first kappa shape index (κ1) is 20.9. The molecule has 3 aromatic carbocycles. The van der Waals surface area contributed by atoms with Crippen LogP contribution in [0.5, 0.6) is 0 Å². The minimum atomic E-state index is -3.73. The zero-order chi connectivity index (χ0) is 21.0. The first-order chi connectivity index (χ1) is 13.8. The van der Waals surface area contributed by atoms with Gasteiger partial charge in [-0.25, -0.2) is 8.42 Å². The van der Waals surface area contributed by atoms with Crippen LogP contribution in [-0.2, 0) is 10.0 Å². The van der Waals surface area contributed by atoms with E-state index < -0.39 is 10.0 Å². The Hall–Kier alpha value is -2.83. The van der Waals surface area contributed by atoms with Crippen molar-refractivity contribution < 1.29 is 13.2 Å². The van der Waals surface area contributed by atoms with Crippen molar-refractivity contribution in [3.05, 3.63) is 88.9 Å². The second-order valence-corrected chi connectivity index (χ2v) is 8.74. The summed E-state index contributed by atoms with van der Waals surface area (Å²) in [4.78, 5) is 12.6. The molecule has 0 aliphatic carbocycles. The molecule has 0 radical (unpaired) electrons. The summed E-state index contributed by atoms with van der Waals surface area (Å²) in [6, 6.07) is 20.0. The molecule has 0 bridgehead atoms. The summed E-state index contributed by atoms with van der Waals surface area (Å²) in [6.07, 6.45) is 0. The highest BCUT2D eigenvalue weighted by molar-refractivity contribution is 7.92. The average Bonchev–Trinajstić information content (AvgIpc) is 2.71. The molecular weight excluding hydrogens is 408 g/mol. The molecular formula is C22H21ClN2O3S. The first-order valence-corrected chi connectivity index (χ1v) is 10.9. The van der Waals surface area contributed by atoms with Crippen LogP contribution >= 0.6 is 11.6 Å². The Labute approximate surface area is 176 Å². The van der Waals surface area contributed by atoms with E-state index in [0.29, 0.717) is 28.5 Å². The van der Waals surface area contributed by atoms with Crippen molar-refractivity contribution in [1.29, 1.82) is 0 Å². The summed E-state index contributed by atoms with van der Waals surface area (Å²) in [7, 11) is -3.73. The van der Waals surface area contributed by atoms with Gasteiger partial charge in [-0.15, -0.1) is 0 Å². The van der Waals surface area contributed by atoms with Crippen LogP contribution in [0.3, 0.4) is 0 Å². The van der Waals surface area contributed by atoms with Crippen LogP contribution in [0.1, 0.15) is 22.8 Å². The summed E-state index contributed by atoms with van der Waals surface area (Å²) in [5.41, 5.74) is 2.44. The van der Waals surface area contributed by atoms with Gasteiger partial charge in [0.1, 0.15) is 0 Å². The molecule has 0 aliphatic rings. The monoisotopic (exact) mass is 428 g/mol. The molecule has 0 heterocycles. The predicted octanol–water partition coefficient (Wildman–Crippen LogP) is 5.12. The number of sulfonamides is 1. The van der Waals surface area contributed by atoms with Gasteiger partial charge in [0.2, 0.25) is 0 Å². The quantitative estimate of drug-likeness (QED) is 0.592. The molecule has 0 atom stereocenters. The van der Waals surface area contributed by atoms with Crippen LogP contribution in [-0.4, -0.2) is 20.9 Å². The number of para-hydroxylation sites is 1. The van der Waals surface area contributed by atoms with Gasteiger partial charge < -0.3 is 5.32 Å². The first-order valence-electron chi connectivity index (χ1n) is 9.08. The Balaban J connectivity index is 1.82. The van der Waals surface area contributed by atoms with Crippen LogP contribution in [0, 0.1) is 6.92 Å². The summed E-state index contributed by atoms with van der Waals surface area (Å²) < 4.78 is 27.4. The summed E-state index contributed by atoms with van der Waals surface area (Å²) in [5.74, 6) is -0.324. The minimum Gasteiger partial charge on any atom is -0.322 e. The van der Waals surface area contributed by atoms with Crippen molar-refractivity contribution >= 4 is 38.9 Å². The van der Waals surface area contributed by atoms with Crippen LogP contribution < -0.4 is 9.62 Å². The zero-order valence-electron chi connectivity index (χ0n) is 16.1. The topological polar surface area (TPSA) is 66.5 Å². The van der Waals surface area contributed by atoms with E-state index in [4.69, 9.17) is 11.6 Å². The van der Waals surface area contributed by atoms with Crippen LogP contribution in [0.15, 0.2) is 77.7 Å². The fourth-order valence-electron chi connectivity index (χ4n) is 2.95. The van der Waals surface area contributed by atoms with E-state index in [1.807, 2.05) is 13.0 Å². The predicted molar refractivity (Wildman–Crippen MR) is 117 cm³/mol. The molecule has 0 saturated carbocycles. The number of rotatable bonds is 6. The van der Waals surface area contributed by atoms with Gasteiger partial charge in [0, 0.05) is 22.8 Å². The molecule has 0 unspecified atom stereocenters. The Kier molecular flexibility index (Phi) is 6.25. The van der Waals surface area contributed by atoms with E-state index in [1.54, 1.807) is 49.4 Å². The van der Waals surface area contributed by atoms with Gasteiger partial charge >= 0.3 is 0 Å². The van der Waals surface area contributed by atoms with Gasteiger partial charge in [0.05, 0.1) is 10.6 Å². The second kappa shape index (κ2) is 8.68. The van der Waals surface area contributed by atoms with Gasteiger partial charge in [-0.05, 0) is 74.0 Å². The summed E-state index contributed by atoms with van der Waals surface area (Å²) >= 11 is 5.94. The fourth-order valence-corrected chi connectivity index (χ4v) is 4.65. The lowest BCUT2D eigenvalue weighted by Crippen LogP contribution is -2.30. The molecule has 0 aliphatic heterocycles. The number of halogens is 1. The molecule has 0 fully saturated rings. The normalized spacial score (nSPS) is 11.1. The summed E-state index contributed by atoms with van der Waals surface area (Å²) in [5, 5.41) is 3.41. The molecule has 29 heavy (non-hydrogen) atoms. The number of benzene rings is 3. The smallest absolute Gasteiger partial charge is 0.264 e. The SMILES string of the molecule is CCN(c1ccccc1)S(=O)(=O)c1ccc(C(=O)Nc2ccc(Cl)cc2C)cc1. The van der Waals surface area contributed by atoms with E-state index in [1.165, 1.54) is 28.6 Å². The van der Waals surface area contributed by atoms with Gasteiger partial charge in [-0.1, -0.05) is 29.8 Å². The van der Waals surface area contributed by atoms with Gasteiger partial charge in [0.15, 0.2) is 0 Å². The van der Waals surface area contributed by atoms with Crippen LogP contribution in [0.4, 0.5) is 11.4 Å². The van der Waals surface area contributed by atoms with Crippen molar-refractivity contribution in [3.8, 4) is 0 Å². The largest absolute Gasteiger partial charge is 0.322 e. The number of amides is 1. The van der Waals surface area contributed by atoms with Crippen molar-refractivity contribution in [2.75, 3.05) is 16.2 Å². The zero-order valence-corrected chi connectivity index (χ0v) is 17.7. The molecule has 7 heteroatoms. The number of nitrogens with one attached hydrogen (secondary N) is 1. The van der Waals surface area contributed by atoms with E-state index in [-0.39, 0.29) is 10.8 Å². The molecule has 3 aromatic rings. The summed E-state index contributed by atoms with van der Waals surface area (Å²) in [6.45, 7) is 3.92. The number of anilines is 2. The molecule has 1 amide bonds. The molecule has 5 nitrogen and oxygen atoms in total. The van der Waals surface area contributed by atoms with Crippen LogP contribution in [0.25, 0.3) is 0 Å². The fraction of sp³-hybridized carbons (Fsp3) is 0.136. The van der Waals surface area contributed by atoms with Gasteiger partial charge in [-0.2, -0.15) is 0 Å². The third-order valence-electron chi connectivity index (χ3n) is 4.47. The van der Waals surface area contributed by atoms with Crippen molar-refractivity contribution in [2.45, 2.75) is 18.7 Å². The molecule has 0 spiro atoms. The maximum absolute atomic E-state index is 13.0. The number of aryl methyl sites for hydroxylation is 1. The number of hydrogen-bond donors (Lipinski definition) is 1. The number of carbonyl (C=O) groups is 1. The molecule has 0 aromatic heterocycles. The van der Waals surface area contributed by atoms with Crippen molar-refractivity contribution in [1.82, 2.24) is 0 Å². The van der Waals surface area contributed by atoms with E-state index in [9.17, 15) is 13.2 Å². The Morgan fingerprint density at radius 2 is 1.66 bits per heavy atom. The third kappa shape index (κ3) is 4.60. The highest BCUT2D eigenvalue weighted by Gasteiger charge is 2.23. The molecule has 0 saturated heterocycles. The Morgan fingerprint density at radius 3 is 2.24 bits per heavy atom. The second-order valence-electron chi connectivity index (χ2n) is 6.44. The van der Waals surface area contributed by atoms with Crippen molar-refractivity contribution in [3.63, 3.8) is 0 Å². The van der Waals surface area contributed by atoms with E-state index in [0.717, 1.165) is 5.56 Å². The van der Waals surface area contributed by atoms with Gasteiger partial charge in [-0.3, -0.25) is 9.10 Å². The lowest BCUT2D eigenvalue weighted by Gasteiger charge is -2.23. The highest BCUT2D eigenvalue weighted by Crippen LogP contribution is 2.24. The highest BCUT2D eigenvalue weighted by atomic mass is 35.5. The average molecular weight is 429 g/mol. The standard InChI is InChI=1S/C22H21ClN2O3S/c1-3-25(19-7-5-4-6-8-19)29(27,28)20-12-9-17(10-13-20)22(26)24-21-14-11-18(23)15-16(21)2/h4-15H,3H2,1-2H3,(H,24,26). The molecule has 1 N–H and O–H groups in total. The molecule has 3 rings (SSSR count). The number of carbonyl (C=O) groups excluding carboxylic acids is 1. The lowest BCUT2D eigenvalue weighted by molar-refractivity contribution is 0.102. The van der Waals surface area contributed by atoms with Crippen molar-refractivity contribution in [2.24, 2.45) is 0 Å². The van der Waals surface area contributed by atoms with Crippen LogP contribution in [0.2, 0.25) is 5.02 Å². The maximum Gasteiger partial charge on any atom is 0.264 e. The van der Waals surface area contributed by atoms with Gasteiger partial charge in [0.25, 0.3) is 15.9 Å². The Morgan fingerprint density at radius 1 is 1.00 bits per heavy atom.